The second-order valence-corrected chi connectivity index (χ2v) is 4.55. The van der Waals surface area contributed by atoms with E-state index in [1.807, 2.05) is 0 Å². The fourth-order valence-electron chi connectivity index (χ4n) is 1.83. The molecule has 0 aliphatic rings. The first-order chi connectivity index (χ1) is 10.2. The number of methoxy groups -OCH3 is 1. The molecule has 0 aromatic carbocycles. The molecule has 22 heavy (non-hydrogen) atoms. The highest BCUT2D eigenvalue weighted by atomic mass is 19.3. The minimum absolute atomic E-state index is 0.0265. The molecule has 2 aromatic rings. The maximum atomic E-state index is 13.7. The van der Waals surface area contributed by atoms with Crippen molar-refractivity contribution in [1.29, 1.82) is 0 Å². The summed E-state index contributed by atoms with van der Waals surface area (Å²) in [6.45, 7) is 0.105. The highest BCUT2D eigenvalue weighted by molar-refractivity contribution is 5.26. The van der Waals surface area contributed by atoms with Gasteiger partial charge in [0.1, 0.15) is 5.82 Å². The number of aromatic nitrogens is 3. The van der Waals surface area contributed by atoms with Crippen LogP contribution in [0.3, 0.4) is 0 Å². The molecule has 0 aliphatic heterocycles. The van der Waals surface area contributed by atoms with Crippen molar-refractivity contribution in [2.75, 3.05) is 7.11 Å². The van der Waals surface area contributed by atoms with Gasteiger partial charge < -0.3 is 4.74 Å². The molecule has 0 N–H and O–H groups in total. The number of rotatable bonds is 4. The van der Waals surface area contributed by atoms with Gasteiger partial charge in [0.15, 0.2) is 5.69 Å². The van der Waals surface area contributed by atoms with Crippen LogP contribution in [0.2, 0.25) is 0 Å². The van der Waals surface area contributed by atoms with Crippen molar-refractivity contribution in [3.05, 3.63) is 51.8 Å². The third-order valence-electron chi connectivity index (χ3n) is 2.82. The van der Waals surface area contributed by atoms with Gasteiger partial charge in [0.25, 0.3) is 11.5 Å². The van der Waals surface area contributed by atoms with Gasteiger partial charge in [-0.3, -0.25) is 9.36 Å². The maximum absolute atomic E-state index is 13.7. The smallest absolute Gasteiger partial charge is 0.290 e. The van der Waals surface area contributed by atoms with Gasteiger partial charge in [0.2, 0.25) is 11.7 Å². The topological polar surface area (TPSA) is 57.0 Å². The van der Waals surface area contributed by atoms with Crippen molar-refractivity contribution in [1.82, 2.24) is 14.5 Å². The van der Waals surface area contributed by atoms with Gasteiger partial charge in [0.05, 0.1) is 26.2 Å². The van der Waals surface area contributed by atoms with Crippen LogP contribution in [-0.2, 0) is 12.5 Å². The SMILES string of the molecule is COc1ncc(F)cc1Cn1cnc(C(C)(F)F)c(F)c1=O. The molecular formula is C13H11F4N3O2. The van der Waals surface area contributed by atoms with Gasteiger partial charge in [0, 0.05) is 12.5 Å². The monoisotopic (exact) mass is 317 g/mol. The van der Waals surface area contributed by atoms with Crippen molar-refractivity contribution in [2.45, 2.75) is 19.4 Å². The predicted octanol–water partition coefficient (Wildman–Crippen LogP) is 2.09. The Balaban J connectivity index is 2.46. The van der Waals surface area contributed by atoms with E-state index in [2.05, 4.69) is 9.97 Å². The summed E-state index contributed by atoms with van der Waals surface area (Å²) >= 11 is 0. The molecule has 0 atom stereocenters. The zero-order chi connectivity index (χ0) is 16.5. The Labute approximate surface area is 122 Å². The molecule has 0 radical (unpaired) electrons. The zero-order valence-corrected chi connectivity index (χ0v) is 11.6. The number of hydrogen-bond donors (Lipinski definition) is 0. The highest BCUT2D eigenvalue weighted by Crippen LogP contribution is 2.25. The number of halogens is 4. The van der Waals surface area contributed by atoms with E-state index in [0.717, 1.165) is 23.2 Å². The summed E-state index contributed by atoms with van der Waals surface area (Å²) in [6, 6.07) is 1.04. The molecule has 118 valence electrons. The summed E-state index contributed by atoms with van der Waals surface area (Å²) in [5.74, 6) is -5.90. The Morgan fingerprint density at radius 1 is 1.32 bits per heavy atom. The molecular weight excluding hydrogens is 306 g/mol. The first kappa shape index (κ1) is 15.9. The van der Waals surface area contributed by atoms with E-state index in [4.69, 9.17) is 4.74 Å². The van der Waals surface area contributed by atoms with E-state index in [-0.39, 0.29) is 18.0 Å². The third kappa shape index (κ3) is 3.07. The Bertz CT molecular complexity index is 756. The zero-order valence-electron chi connectivity index (χ0n) is 11.6. The first-order valence-electron chi connectivity index (χ1n) is 6.05. The standard InChI is InChI=1S/C13H11F4N3O2/c1-13(16,17)10-9(15)12(21)20(6-19-10)5-7-3-8(14)4-18-11(7)22-2/h3-4,6H,5H2,1-2H3. The quantitative estimate of drug-likeness (QED) is 0.810. The minimum atomic E-state index is -3.58. The lowest BCUT2D eigenvalue weighted by molar-refractivity contribution is 0.00803. The van der Waals surface area contributed by atoms with Crippen LogP contribution in [0.15, 0.2) is 23.4 Å². The van der Waals surface area contributed by atoms with E-state index in [0.29, 0.717) is 6.92 Å². The van der Waals surface area contributed by atoms with Crippen molar-refractivity contribution >= 4 is 0 Å². The van der Waals surface area contributed by atoms with E-state index in [9.17, 15) is 22.4 Å². The molecule has 9 heteroatoms. The molecule has 0 fully saturated rings. The lowest BCUT2D eigenvalue weighted by atomic mass is 10.2. The van der Waals surface area contributed by atoms with Gasteiger partial charge >= 0.3 is 0 Å². The maximum Gasteiger partial charge on any atom is 0.290 e. The van der Waals surface area contributed by atoms with Crippen LogP contribution in [0.5, 0.6) is 5.88 Å². The summed E-state index contributed by atoms with van der Waals surface area (Å²) in [4.78, 5) is 18.7. The fraction of sp³-hybridized carbons (Fsp3) is 0.308. The van der Waals surface area contributed by atoms with E-state index < -0.39 is 28.8 Å². The lowest BCUT2D eigenvalue weighted by Gasteiger charge is -2.13. The number of hydrogen-bond acceptors (Lipinski definition) is 4. The fourth-order valence-corrected chi connectivity index (χ4v) is 1.83. The Kier molecular flexibility index (Phi) is 4.16. The van der Waals surface area contributed by atoms with Gasteiger partial charge in [-0.1, -0.05) is 0 Å². The molecule has 0 aliphatic carbocycles. The van der Waals surface area contributed by atoms with E-state index >= 15 is 0 Å². The summed E-state index contributed by atoms with van der Waals surface area (Å²) in [5.41, 5.74) is -2.39. The van der Waals surface area contributed by atoms with Crippen molar-refractivity contribution in [2.24, 2.45) is 0 Å². The molecule has 0 spiro atoms. The van der Waals surface area contributed by atoms with Crippen LogP contribution in [0.4, 0.5) is 17.6 Å². The second kappa shape index (κ2) is 5.74. The average molecular weight is 317 g/mol. The molecule has 5 nitrogen and oxygen atoms in total. The summed E-state index contributed by atoms with van der Waals surface area (Å²) in [5, 5.41) is 0. The van der Waals surface area contributed by atoms with Crippen LogP contribution in [0.25, 0.3) is 0 Å². The van der Waals surface area contributed by atoms with Crippen LogP contribution < -0.4 is 10.3 Å². The molecule has 0 unspecified atom stereocenters. The molecule has 2 rings (SSSR count). The van der Waals surface area contributed by atoms with Crippen LogP contribution in [0, 0.1) is 11.6 Å². The van der Waals surface area contributed by atoms with Gasteiger partial charge in [-0.25, -0.2) is 14.4 Å². The molecule has 0 saturated carbocycles. The van der Waals surface area contributed by atoms with E-state index in [1.165, 1.54) is 7.11 Å². The molecule has 2 aromatic heterocycles. The van der Waals surface area contributed by atoms with E-state index in [1.54, 1.807) is 0 Å². The molecule has 2 heterocycles. The lowest BCUT2D eigenvalue weighted by Crippen LogP contribution is -2.29. The summed E-state index contributed by atoms with van der Waals surface area (Å²) in [7, 11) is 1.28. The summed E-state index contributed by atoms with van der Waals surface area (Å²) in [6.07, 6.45) is 1.67. The van der Waals surface area contributed by atoms with Crippen LogP contribution in [0.1, 0.15) is 18.2 Å². The summed E-state index contributed by atoms with van der Waals surface area (Å²) < 4.78 is 58.7. The van der Waals surface area contributed by atoms with Gasteiger partial charge in [-0.05, 0) is 6.07 Å². The third-order valence-corrected chi connectivity index (χ3v) is 2.82. The highest BCUT2D eigenvalue weighted by Gasteiger charge is 2.32. The molecule has 0 saturated heterocycles. The Morgan fingerprint density at radius 3 is 2.59 bits per heavy atom. The van der Waals surface area contributed by atoms with Gasteiger partial charge in [-0.15, -0.1) is 0 Å². The molecule has 0 amide bonds. The molecule has 0 bridgehead atoms. The van der Waals surface area contributed by atoms with Crippen LogP contribution >= 0.6 is 0 Å². The average Bonchev–Trinajstić information content (AvgIpc) is 2.43. The minimum Gasteiger partial charge on any atom is -0.481 e. The number of pyridine rings is 1. The largest absolute Gasteiger partial charge is 0.481 e. The number of nitrogens with zero attached hydrogens (tertiary/aromatic N) is 3. The first-order valence-corrected chi connectivity index (χ1v) is 6.05. The Morgan fingerprint density at radius 2 is 2.00 bits per heavy atom. The number of ether oxygens (including phenoxy) is 1. The Hall–Kier alpha value is -2.45. The van der Waals surface area contributed by atoms with Crippen LogP contribution in [-0.4, -0.2) is 21.6 Å². The predicted molar refractivity (Wildman–Crippen MR) is 67.9 cm³/mol. The van der Waals surface area contributed by atoms with Crippen molar-refractivity contribution < 1.29 is 22.3 Å². The number of alkyl halides is 2. The normalized spacial score (nSPS) is 11.5. The second-order valence-electron chi connectivity index (χ2n) is 4.55. The van der Waals surface area contributed by atoms with Crippen molar-refractivity contribution in [3.63, 3.8) is 0 Å². The van der Waals surface area contributed by atoms with Gasteiger partial charge in [-0.2, -0.15) is 13.2 Å². The van der Waals surface area contributed by atoms with Crippen molar-refractivity contribution in [3.8, 4) is 5.88 Å².